The van der Waals surface area contributed by atoms with E-state index in [1.807, 2.05) is 7.05 Å². The van der Waals surface area contributed by atoms with E-state index in [-0.39, 0.29) is 12.3 Å². The lowest BCUT2D eigenvalue weighted by Gasteiger charge is -2.19. The average Bonchev–Trinajstić information content (AvgIpc) is 2.46. The maximum Gasteiger partial charge on any atom is 0.303 e. The molecular weight excluding hydrogens is 182 g/mol. The van der Waals surface area contributed by atoms with Crippen molar-refractivity contribution in [3.05, 3.63) is 11.4 Å². The Morgan fingerprint density at radius 3 is 3.21 bits per heavy atom. The highest BCUT2D eigenvalue weighted by molar-refractivity contribution is 5.67. The number of carboxylic acids is 1. The van der Waals surface area contributed by atoms with E-state index in [1.165, 1.54) is 0 Å². The van der Waals surface area contributed by atoms with Gasteiger partial charge in [0.25, 0.3) is 0 Å². The summed E-state index contributed by atoms with van der Waals surface area (Å²) >= 11 is 0. The Labute approximate surface area is 81.7 Å². The molecule has 76 valence electrons. The number of carbonyl (C=O) groups is 1. The summed E-state index contributed by atoms with van der Waals surface area (Å²) < 4.78 is 1.78. The Hall–Kier alpha value is -1.39. The number of hydrogen-bond donors (Lipinski definition) is 1. The first kappa shape index (κ1) is 9.18. The quantitative estimate of drug-likeness (QED) is 0.741. The highest BCUT2D eigenvalue weighted by Crippen LogP contribution is 2.25. The summed E-state index contributed by atoms with van der Waals surface area (Å²) in [7, 11) is 1.88. The highest BCUT2D eigenvalue weighted by atomic mass is 16.4. The summed E-state index contributed by atoms with van der Waals surface area (Å²) in [6, 6.07) is 0. The first-order chi connectivity index (χ1) is 6.66. The second-order valence-corrected chi connectivity index (χ2v) is 3.81. The van der Waals surface area contributed by atoms with Crippen molar-refractivity contribution in [2.45, 2.75) is 25.7 Å². The molecule has 0 saturated heterocycles. The smallest absolute Gasteiger partial charge is 0.303 e. The Balaban J connectivity index is 2.10. The fourth-order valence-electron chi connectivity index (χ4n) is 2.02. The third-order valence-electron chi connectivity index (χ3n) is 2.76. The minimum absolute atomic E-state index is 0.233. The van der Waals surface area contributed by atoms with Gasteiger partial charge in [0.05, 0.1) is 11.4 Å². The standard InChI is InChI=1S/C9H13N3O2/c1-12-8-3-2-6(5-9(13)14)4-7(8)10-11-12/h6H,2-5H2,1H3,(H,13,14). The van der Waals surface area contributed by atoms with Gasteiger partial charge in [-0.3, -0.25) is 9.48 Å². The fourth-order valence-corrected chi connectivity index (χ4v) is 2.02. The average molecular weight is 195 g/mol. The molecule has 0 fully saturated rings. The van der Waals surface area contributed by atoms with Gasteiger partial charge in [-0.25, -0.2) is 0 Å². The molecule has 0 amide bonds. The number of fused-ring (bicyclic) bond motifs is 1. The Morgan fingerprint density at radius 1 is 1.71 bits per heavy atom. The lowest BCUT2D eigenvalue weighted by atomic mass is 9.87. The van der Waals surface area contributed by atoms with Crippen LogP contribution in [0.4, 0.5) is 0 Å². The maximum atomic E-state index is 10.5. The van der Waals surface area contributed by atoms with Crippen LogP contribution in [0.2, 0.25) is 0 Å². The van der Waals surface area contributed by atoms with Gasteiger partial charge in [0.2, 0.25) is 0 Å². The Morgan fingerprint density at radius 2 is 2.50 bits per heavy atom. The molecule has 0 radical (unpaired) electrons. The molecule has 1 heterocycles. The van der Waals surface area contributed by atoms with E-state index in [2.05, 4.69) is 10.3 Å². The van der Waals surface area contributed by atoms with Crippen molar-refractivity contribution in [2.75, 3.05) is 0 Å². The molecule has 5 heteroatoms. The lowest BCUT2D eigenvalue weighted by Crippen LogP contribution is -2.18. The topological polar surface area (TPSA) is 68.0 Å². The number of aromatic nitrogens is 3. The van der Waals surface area contributed by atoms with E-state index in [0.717, 1.165) is 30.7 Å². The van der Waals surface area contributed by atoms with Crippen LogP contribution < -0.4 is 0 Å². The van der Waals surface area contributed by atoms with Crippen LogP contribution in [-0.2, 0) is 24.7 Å². The van der Waals surface area contributed by atoms with Gasteiger partial charge in [-0.2, -0.15) is 0 Å². The normalized spacial score (nSPS) is 20.5. The number of nitrogens with zero attached hydrogens (tertiary/aromatic N) is 3. The van der Waals surface area contributed by atoms with Crippen LogP contribution in [0.1, 0.15) is 24.2 Å². The van der Waals surface area contributed by atoms with Gasteiger partial charge >= 0.3 is 5.97 Å². The molecule has 0 saturated carbocycles. The van der Waals surface area contributed by atoms with Crippen LogP contribution in [0.25, 0.3) is 0 Å². The van der Waals surface area contributed by atoms with Crippen LogP contribution in [0.3, 0.4) is 0 Å². The zero-order chi connectivity index (χ0) is 10.1. The summed E-state index contributed by atoms with van der Waals surface area (Å²) in [5.41, 5.74) is 2.14. The van der Waals surface area contributed by atoms with Gasteiger partial charge in [0.15, 0.2) is 0 Å². The molecule has 1 aromatic heterocycles. The SMILES string of the molecule is Cn1nnc2c1CCC(CC(=O)O)C2. The maximum absolute atomic E-state index is 10.5. The molecule has 0 bridgehead atoms. The number of aryl methyl sites for hydroxylation is 1. The summed E-state index contributed by atoms with van der Waals surface area (Å²) in [4.78, 5) is 10.5. The van der Waals surface area contributed by atoms with Crippen molar-refractivity contribution in [2.24, 2.45) is 13.0 Å². The molecule has 5 nitrogen and oxygen atoms in total. The van der Waals surface area contributed by atoms with Gasteiger partial charge in [-0.15, -0.1) is 5.10 Å². The van der Waals surface area contributed by atoms with Crippen molar-refractivity contribution >= 4 is 5.97 Å². The Kier molecular flexibility index (Phi) is 2.23. The highest BCUT2D eigenvalue weighted by Gasteiger charge is 2.24. The van der Waals surface area contributed by atoms with Gasteiger partial charge < -0.3 is 5.11 Å². The third-order valence-corrected chi connectivity index (χ3v) is 2.76. The van der Waals surface area contributed by atoms with Crippen LogP contribution in [0, 0.1) is 5.92 Å². The molecule has 1 atom stereocenters. The van der Waals surface area contributed by atoms with Crippen molar-refractivity contribution in [3.63, 3.8) is 0 Å². The molecule has 0 aliphatic heterocycles. The molecule has 1 unspecified atom stereocenters. The van der Waals surface area contributed by atoms with Gasteiger partial charge in [-0.05, 0) is 25.2 Å². The van der Waals surface area contributed by atoms with Gasteiger partial charge in [-0.1, -0.05) is 5.21 Å². The monoisotopic (exact) mass is 195 g/mol. The lowest BCUT2D eigenvalue weighted by molar-refractivity contribution is -0.138. The van der Waals surface area contributed by atoms with Gasteiger partial charge in [0, 0.05) is 13.5 Å². The Bertz CT molecular complexity index is 359. The molecule has 1 aliphatic carbocycles. The van der Waals surface area contributed by atoms with E-state index >= 15 is 0 Å². The van der Waals surface area contributed by atoms with E-state index in [0.29, 0.717) is 0 Å². The van der Waals surface area contributed by atoms with E-state index in [4.69, 9.17) is 5.11 Å². The molecule has 1 aromatic rings. The van der Waals surface area contributed by atoms with E-state index in [1.54, 1.807) is 4.68 Å². The molecule has 1 aliphatic rings. The number of aliphatic carboxylic acids is 1. The molecule has 0 spiro atoms. The predicted octanol–water partition coefficient (Wildman–Crippen LogP) is 0.395. The minimum atomic E-state index is -0.720. The van der Waals surface area contributed by atoms with Crippen LogP contribution in [0.5, 0.6) is 0 Å². The largest absolute Gasteiger partial charge is 0.481 e. The van der Waals surface area contributed by atoms with Crippen molar-refractivity contribution in [3.8, 4) is 0 Å². The zero-order valence-corrected chi connectivity index (χ0v) is 8.10. The fraction of sp³-hybridized carbons (Fsp3) is 0.667. The van der Waals surface area contributed by atoms with Gasteiger partial charge in [0.1, 0.15) is 0 Å². The molecule has 0 aromatic carbocycles. The van der Waals surface area contributed by atoms with E-state index < -0.39 is 5.97 Å². The summed E-state index contributed by atoms with van der Waals surface area (Å²) in [5, 5.41) is 16.6. The van der Waals surface area contributed by atoms with Crippen molar-refractivity contribution in [1.82, 2.24) is 15.0 Å². The van der Waals surface area contributed by atoms with E-state index in [9.17, 15) is 4.79 Å². The molecule has 1 N–H and O–H groups in total. The van der Waals surface area contributed by atoms with Crippen molar-refractivity contribution in [1.29, 1.82) is 0 Å². The summed E-state index contributed by atoms with van der Waals surface area (Å²) in [6.45, 7) is 0. The third kappa shape index (κ3) is 1.62. The summed E-state index contributed by atoms with van der Waals surface area (Å²) in [5.74, 6) is -0.487. The number of carboxylic acid groups (broad SMARTS) is 1. The minimum Gasteiger partial charge on any atom is -0.481 e. The molecule has 14 heavy (non-hydrogen) atoms. The van der Waals surface area contributed by atoms with Crippen LogP contribution in [0.15, 0.2) is 0 Å². The number of rotatable bonds is 2. The second-order valence-electron chi connectivity index (χ2n) is 3.81. The van der Waals surface area contributed by atoms with Crippen LogP contribution >= 0.6 is 0 Å². The number of hydrogen-bond acceptors (Lipinski definition) is 3. The second kappa shape index (κ2) is 3.40. The first-order valence-electron chi connectivity index (χ1n) is 4.76. The zero-order valence-electron chi connectivity index (χ0n) is 8.10. The first-order valence-corrected chi connectivity index (χ1v) is 4.76. The summed E-state index contributed by atoms with van der Waals surface area (Å²) in [6.07, 6.45) is 2.84. The molecular formula is C9H13N3O2. The van der Waals surface area contributed by atoms with Crippen molar-refractivity contribution < 1.29 is 9.90 Å². The molecule has 2 rings (SSSR count). The predicted molar refractivity (Wildman–Crippen MR) is 48.8 cm³/mol. The van der Waals surface area contributed by atoms with Crippen LogP contribution in [-0.4, -0.2) is 26.1 Å².